The molecule has 72 valence electrons. The molecule has 0 aromatic carbocycles. The van der Waals surface area contributed by atoms with Crippen LogP contribution in [0.3, 0.4) is 0 Å². The van der Waals surface area contributed by atoms with Crippen LogP contribution in [0.4, 0.5) is 0 Å². The highest BCUT2D eigenvalue weighted by Gasteiger charge is 2.14. The van der Waals surface area contributed by atoms with Gasteiger partial charge < -0.3 is 15.3 Å². The third kappa shape index (κ3) is 3.69. The van der Waals surface area contributed by atoms with Gasteiger partial charge >= 0.3 is 0 Å². The molecule has 0 fully saturated rings. The van der Waals surface area contributed by atoms with Gasteiger partial charge in [-0.25, -0.2) is 0 Å². The van der Waals surface area contributed by atoms with Crippen molar-refractivity contribution < 1.29 is 9.90 Å². The van der Waals surface area contributed by atoms with Gasteiger partial charge in [0.2, 0.25) is 5.91 Å². The molecular weight excluding hydrogens is 156 g/mol. The van der Waals surface area contributed by atoms with Crippen LogP contribution in [-0.4, -0.2) is 48.7 Å². The molecule has 12 heavy (non-hydrogen) atoms. The minimum absolute atomic E-state index is 0.0215. The van der Waals surface area contributed by atoms with E-state index >= 15 is 0 Å². The first-order chi connectivity index (χ1) is 5.63. The van der Waals surface area contributed by atoms with Gasteiger partial charge in [0.1, 0.15) is 0 Å². The Bertz CT molecular complexity index is 137. The highest BCUT2D eigenvalue weighted by Crippen LogP contribution is 1.97. The van der Waals surface area contributed by atoms with E-state index in [0.29, 0.717) is 13.1 Å². The Morgan fingerprint density at radius 2 is 2.17 bits per heavy atom. The Morgan fingerprint density at radius 3 is 2.50 bits per heavy atom. The summed E-state index contributed by atoms with van der Waals surface area (Å²) in [4.78, 5) is 13.0. The predicted octanol–water partition coefficient (Wildman–Crippen LogP) is -0.565. The van der Waals surface area contributed by atoms with E-state index in [1.807, 2.05) is 13.8 Å². The van der Waals surface area contributed by atoms with Crippen molar-refractivity contribution in [2.75, 3.05) is 26.7 Å². The molecule has 4 heteroatoms. The molecule has 0 rings (SSSR count). The summed E-state index contributed by atoms with van der Waals surface area (Å²) in [6.07, 6.45) is 0. The number of amides is 1. The zero-order chi connectivity index (χ0) is 9.56. The van der Waals surface area contributed by atoms with E-state index in [1.165, 1.54) is 0 Å². The molecule has 0 aliphatic heterocycles. The average molecular weight is 174 g/mol. The topological polar surface area (TPSA) is 52.6 Å². The monoisotopic (exact) mass is 174 g/mol. The first-order valence-electron chi connectivity index (χ1n) is 4.18. The van der Waals surface area contributed by atoms with Crippen LogP contribution >= 0.6 is 0 Å². The van der Waals surface area contributed by atoms with Gasteiger partial charge in [-0.15, -0.1) is 0 Å². The Morgan fingerprint density at radius 1 is 1.58 bits per heavy atom. The fraction of sp³-hybridized carbons (Fsp3) is 0.875. The van der Waals surface area contributed by atoms with E-state index in [1.54, 1.807) is 11.9 Å². The van der Waals surface area contributed by atoms with Gasteiger partial charge in [-0.05, 0) is 20.9 Å². The molecule has 0 radical (unpaired) electrons. The Balaban J connectivity index is 4.00. The number of hydrogen-bond acceptors (Lipinski definition) is 3. The second-order valence-corrected chi connectivity index (χ2v) is 2.93. The van der Waals surface area contributed by atoms with Gasteiger partial charge in [-0.1, -0.05) is 0 Å². The van der Waals surface area contributed by atoms with Gasteiger partial charge in [0.15, 0.2) is 0 Å². The zero-order valence-corrected chi connectivity index (χ0v) is 8.00. The fourth-order valence-electron chi connectivity index (χ4n) is 1.03. The first kappa shape index (κ1) is 11.4. The standard InChI is InChI=1S/C8H18N2O2/c1-7(2)10(4-5-11)8(12)6-9-3/h7,9,11H,4-6H2,1-3H3. The number of carbonyl (C=O) groups excluding carboxylic acids is 1. The van der Waals surface area contributed by atoms with Crippen molar-refractivity contribution in [3.8, 4) is 0 Å². The van der Waals surface area contributed by atoms with E-state index in [9.17, 15) is 4.79 Å². The van der Waals surface area contributed by atoms with Crippen LogP contribution in [-0.2, 0) is 4.79 Å². The molecule has 0 aliphatic carbocycles. The summed E-state index contributed by atoms with van der Waals surface area (Å²) in [6.45, 7) is 4.64. The highest BCUT2D eigenvalue weighted by atomic mass is 16.3. The quantitative estimate of drug-likeness (QED) is 0.587. The van der Waals surface area contributed by atoms with E-state index < -0.39 is 0 Å². The Kier molecular flexibility index (Phi) is 5.66. The number of likely N-dealkylation sites (N-methyl/N-ethyl adjacent to an activating group) is 1. The summed E-state index contributed by atoms with van der Waals surface area (Å²) in [5.41, 5.74) is 0. The Labute approximate surface area is 73.6 Å². The lowest BCUT2D eigenvalue weighted by molar-refractivity contribution is -0.132. The molecule has 0 saturated heterocycles. The van der Waals surface area contributed by atoms with Crippen molar-refractivity contribution in [3.63, 3.8) is 0 Å². The fourth-order valence-corrected chi connectivity index (χ4v) is 1.03. The molecule has 0 atom stereocenters. The second kappa shape index (κ2) is 5.97. The van der Waals surface area contributed by atoms with Crippen molar-refractivity contribution in [2.24, 2.45) is 0 Å². The first-order valence-corrected chi connectivity index (χ1v) is 4.18. The van der Waals surface area contributed by atoms with Gasteiger partial charge in [0.25, 0.3) is 0 Å². The van der Waals surface area contributed by atoms with Crippen molar-refractivity contribution >= 4 is 5.91 Å². The van der Waals surface area contributed by atoms with Crippen LogP contribution in [0, 0.1) is 0 Å². The number of nitrogens with zero attached hydrogens (tertiary/aromatic N) is 1. The largest absolute Gasteiger partial charge is 0.395 e. The second-order valence-electron chi connectivity index (χ2n) is 2.93. The SMILES string of the molecule is CNCC(=O)N(CCO)C(C)C. The van der Waals surface area contributed by atoms with Gasteiger partial charge in [-0.3, -0.25) is 4.79 Å². The number of rotatable bonds is 5. The molecule has 0 saturated carbocycles. The number of carbonyl (C=O) groups is 1. The molecule has 2 N–H and O–H groups in total. The summed E-state index contributed by atoms with van der Waals surface area (Å²) < 4.78 is 0. The molecule has 1 amide bonds. The van der Waals surface area contributed by atoms with E-state index in [-0.39, 0.29) is 18.6 Å². The normalized spacial score (nSPS) is 10.4. The van der Waals surface area contributed by atoms with Crippen molar-refractivity contribution in [1.82, 2.24) is 10.2 Å². The maximum Gasteiger partial charge on any atom is 0.236 e. The number of hydrogen-bond donors (Lipinski definition) is 2. The maximum absolute atomic E-state index is 11.3. The third-order valence-electron chi connectivity index (χ3n) is 1.61. The number of aliphatic hydroxyl groups excluding tert-OH is 1. The molecule has 0 aromatic heterocycles. The molecule has 4 nitrogen and oxygen atoms in total. The maximum atomic E-state index is 11.3. The van der Waals surface area contributed by atoms with E-state index in [0.717, 1.165) is 0 Å². The van der Waals surface area contributed by atoms with Crippen LogP contribution in [0.25, 0.3) is 0 Å². The summed E-state index contributed by atoms with van der Waals surface area (Å²) in [5, 5.41) is 11.5. The highest BCUT2D eigenvalue weighted by molar-refractivity contribution is 5.78. The molecular formula is C8H18N2O2. The van der Waals surface area contributed by atoms with E-state index in [4.69, 9.17) is 5.11 Å². The van der Waals surface area contributed by atoms with Crippen molar-refractivity contribution in [1.29, 1.82) is 0 Å². The van der Waals surface area contributed by atoms with Crippen LogP contribution < -0.4 is 5.32 Å². The smallest absolute Gasteiger partial charge is 0.236 e. The number of nitrogens with one attached hydrogen (secondary N) is 1. The third-order valence-corrected chi connectivity index (χ3v) is 1.61. The zero-order valence-electron chi connectivity index (χ0n) is 8.00. The minimum Gasteiger partial charge on any atom is -0.395 e. The molecule has 0 unspecified atom stereocenters. The summed E-state index contributed by atoms with van der Waals surface area (Å²) >= 11 is 0. The Hall–Kier alpha value is -0.610. The van der Waals surface area contributed by atoms with E-state index in [2.05, 4.69) is 5.32 Å². The van der Waals surface area contributed by atoms with Crippen LogP contribution in [0.2, 0.25) is 0 Å². The summed E-state index contributed by atoms with van der Waals surface area (Å²) in [7, 11) is 1.73. The molecule has 0 heterocycles. The van der Waals surface area contributed by atoms with Gasteiger partial charge in [-0.2, -0.15) is 0 Å². The lowest BCUT2D eigenvalue weighted by atomic mass is 10.3. The molecule has 0 bridgehead atoms. The average Bonchev–Trinajstić information content (AvgIpc) is 1.99. The van der Waals surface area contributed by atoms with Gasteiger partial charge in [0, 0.05) is 12.6 Å². The van der Waals surface area contributed by atoms with Crippen LogP contribution in [0.5, 0.6) is 0 Å². The van der Waals surface area contributed by atoms with Crippen LogP contribution in [0.1, 0.15) is 13.8 Å². The molecule has 0 aliphatic rings. The van der Waals surface area contributed by atoms with Crippen molar-refractivity contribution in [3.05, 3.63) is 0 Å². The van der Waals surface area contributed by atoms with Crippen molar-refractivity contribution in [2.45, 2.75) is 19.9 Å². The summed E-state index contributed by atoms with van der Waals surface area (Å²) in [6, 6.07) is 0.151. The predicted molar refractivity (Wildman–Crippen MR) is 47.9 cm³/mol. The van der Waals surface area contributed by atoms with Crippen LogP contribution in [0.15, 0.2) is 0 Å². The lowest BCUT2D eigenvalue weighted by Crippen LogP contribution is -2.43. The minimum atomic E-state index is 0.0215. The molecule has 0 spiro atoms. The number of aliphatic hydroxyl groups is 1. The molecule has 0 aromatic rings. The summed E-state index contributed by atoms with van der Waals surface area (Å²) in [5.74, 6) is 0.0292. The van der Waals surface area contributed by atoms with Gasteiger partial charge in [0.05, 0.1) is 13.2 Å². The lowest BCUT2D eigenvalue weighted by Gasteiger charge is -2.25.